The lowest BCUT2D eigenvalue weighted by atomic mass is 10.0. The van der Waals surface area contributed by atoms with Crippen LogP contribution in [0.25, 0.3) is 0 Å². The van der Waals surface area contributed by atoms with Crippen molar-refractivity contribution in [3.63, 3.8) is 0 Å². The van der Waals surface area contributed by atoms with Crippen molar-refractivity contribution in [2.45, 2.75) is 12.2 Å². The van der Waals surface area contributed by atoms with E-state index in [1.165, 1.54) is 5.69 Å². The number of anilines is 1. The average Bonchev–Trinajstić information content (AvgIpc) is 2.48. The van der Waals surface area contributed by atoms with Crippen molar-refractivity contribution in [3.8, 4) is 0 Å². The third kappa shape index (κ3) is 3.70. The summed E-state index contributed by atoms with van der Waals surface area (Å²) >= 11 is 0. The lowest BCUT2D eigenvalue weighted by molar-refractivity contribution is 0.0202. The normalized spacial score (nSPS) is 19.9. The van der Waals surface area contributed by atoms with Crippen LogP contribution in [0.2, 0.25) is 0 Å². The Hall–Kier alpha value is -1.14. The van der Waals surface area contributed by atoms with E-state index in [9.17, 15) is 10.2 Å². The number of benzene rings is 1. The van der Waals surface area contributed by atoms with Crippen molar-refractivity contribution in [1.29, 1.82) is 0 Å². The Labute approximate surface area is 120 Å². The molecule has 1 fully saturated rings. The minimum Gasteiger partial charge on any atom is -0.389 e. The van der Waals surface area contributed by atoms with Gasteiger partial charge in [-0.25, -0.2) is 0 Å². The van der Waals surface area contributed by atoms with E-state index in [1.54, 1.807) is 7.05 Å². The fourth-order valence-corrected chi connectivity index (χ4v) is 2.49. The van der Waals surface area contributed by atoms with Crippen LogP contribution in [0.1, 0.15) is 11.7 Å². The molecule has 2 unspecified atom stereocenters. The monoisotopic (exact) mass is 279 g/mol. The molecule has 2 atom stereocenters. The quantitative estimate of drug-likeness (QED) is 0.711. The number of hydrogen-bond donors (Lipinski definition) is 3. The van der Waals surface area contributed by atoms with E-state index in [-0.39, 0.29) is 0 Å². The molecule has 5 heteroatoms. The fraction of sp³-hybridized carbons (Fsp3) is 0.600. The zero-order chi connectivity index (χ0) is 14.5. The van der Waals surface area contributed by atoms with Crippen molar-refractivity contribution in [3.05, 3.63) is 29.8 Å². The van der Waals surface area contributed by atoms with Gasteiger partial charge in [-0.15, -0.1) is 0 Å². The van der Waals surface area contributed by atoms with Crippen LogP contribution in [-0.4, -0.2) is 68.0 Å². The summed E-state index contributed by atoms with van der Waals surface area (Å²) in [6.07, 6.45) is -1.63. The molecule has 0 saturated carbocycles. The molecule has 0 spiro atoms. The smallest absolute Gasteiger partial charge is 0.106 e. The van der Waals surface area contributed by atoms with Gasteiger partial charge in [0.2, 0.25) is 0 Å². The number of rotatable bonds is 5. The summed E-state index contributed by atoms with van der Waals surface area (Å²) in [5.41, 5.74) is 1.93. The second-order valence-corrected chi connectivity index (χ2v) is 5.45. The summed E-state index contributed by atoms with van der Waals surface area (Å²) in [6.45, 7) is 4.58. The third-order valence-corrected chi connectivity index (χ3v) is 3.88. The van der Waals surface area contributed by atoms with E-state index in [0.717, 1.165) is 31.7 Å². The van der Waals surface area contributed by atoms with Crippen molar-refractivity contribution in [1.82, 2.24) is 10.2 Å². The van der Waals surface area contributed by atoms with Crippen LogP contribution in [0.3, 0.4) is 0 Å². The summed E-state index contributed by atoms with van der Waals surface area (Å²) in [4.78, 5) is 4.67. The van der Waals surface area contributed by atoms with Gasteiger partial charge in [0.25, 0.3) is 0 Å². The Morgan fingerprint density at radius 2 is 1.70 bits per heavy atom. The first kappa shape index (κ1) is 15.3. The van der Waals surface area contributed by atoms with Crippen LogP contribution in [0.5, 0.6) is 0 Å². The highest BCUT2D eigenvalue weighted by atomic mass is 16.3. The molecule has 3 N–H and O–H groups in total. The molecule has 112 valence electrons. The van der Waals surface area contributed by atoms with Crippen LogP contribution in [0.15, 0.2) is 24.3 Å². The first-order valence-corrected chi connectivity index (χ1v) is 7.16. The minimum atomic E-state index is -0.844. The van der Waals surface area contributed by atoms with Crippen LogP contribution in [0, 0.1) is 0 Å². The van der Waals surface area contributed by atoms with E-state index in [2.05, 4.69) is 22.2 Å². The lowest BCUT2D eigenvalue weighted by Gasteiger charge is -2.34. The largest absolute Gasteiger partial charge is 0.389 e. The average molecular weight is 279 g/mol. The fourth-order valence-electron chi connectivity index (χ4n) is 2.49. The van der Waals surface area contributed by atoms with Crippen molar-refractivity contribution >= 4 is 5.69 Å². The number of nitrogens with one attached hydrogen (secondary N) is 1. The molecule has 0 amide bonds. The molecule has 0 aliphatic carbocycles. The highest BCUT2D eigenvalue weighted by Gasteiger charge is 2.18. The number of aliphatic hydroxyl groups excluding tert-OH is 2. The second-order valence-electron chi connectivity index (χ2n) is 5.45. The highest BCUT2D eigenvalue weighted by Crippen LogP contribution is 2.22. The number of nitrogens with zero attached hydrogens (tertiary/aromatic N) is 2. The molecular formula is C15H25N3O2. The van der Waals surface area contributed by atoms with Gasteiger partial charge < -0.3 is 25.3 Å². The lowest BCUT2D eigenvalue weighted by Crippen LogP contribution is -2.44. The van der Waals surface area contributed by atoms with Crippen molar-refractivity contribution < 1.29 is 10.2 Å². The predicted molar refractivity (Wildman–Crippen MR) is 81.0 cm³/mol. The Bertz CT molecular complexity index is 381. The Balaban J connectivity index is 1.99. The molecule has 1 aromatic rings. The number of piperazine rings is 1. The van der Waals surface area contributed by atoms with E-state index >= 15 is 0 Å². The standard InChI is InChI=1S/C15H25N3O2/c1-16-11-14(19)15(20)12-3-5-13(6-4-12)18-9-7-17(2)8-10-18/h3-6,14-16,19-20H,7-11H2,1-2H3. The number of aliphatic hydroxyl groups is 2. The summed E-state index contributed by atoms with van der Waals surface area (Å²) in [5, 5.41) is 22.7. The first-order chi connectivity index (χ1) is 9.61. The van der Waals surface area contributed by atoms with Crippen molar-refractivity contribution in [2.75, 3.05) is 51.7 Å². The first-order valence-electron chi connectivity index (χ1n) is 7.16. The van der Waals surface area contributed by atoms with Crippen molar-refractivity contribution in [2.24, 2.45) is 0 Å². The maximum atomic E-state index is 10.0. The molecule has 20 heavy (non-hydrogen) atoms. The van der Waals surface area contributed by atoms with E-state index in [0.29, 0.717) is 6.54 Å². The predicted octanol–water partition coefficient (Wildman–Crippen LogP) is 0.0521. The van der Waals surface area contributed by atoms with Crippen LogP contribution < -0.4 is 10.2 Å². The van der Waals surface area contributed by atoms with Crippen LogP contribution in [-0.2, 0) is 0 Å². The summed E-state index contributed by atoms with van der Waals surface area (Å²) in [5.74, 6) is 0. The number of hydrogen-bond acceptors (Lipinski definition) is 5. The van der Waals surface area contributed by atoms with Gasteiger partial charge in [0.1, 0.15) is 6.10 Å². The van der Waals surface area contributed by atoms with Gasteiger partial charge in [-0.05, 0) is 31.8 Å². The molecule has 0 bridgehead atoms. The molecule has 0 aromatic heterocycles. The topological polar surface area (TPSA) is 59.0 Å². The van der Waals surface area contributed by atoms with Gasteiger partial charge in [0, 0.05) is 38.4 Å². The van der Waals surface area contributed by atoms with Gasteiger partial charge in [0.05, 0.1) is 6.10 Å². The second kappa shape index (κ2) is 7.04. The molecule has 0 radical (unpaired) electrons. The third-order valence-electron chi connectivity index (χ3n) is 3.88. The zero-order valence-electron chi connectivity index (χ0n) is 12.3. The minimum absolute atomic E-state index is 0.376. The van der Waals surface area contributed by atoms with Gasteiger partial charge >= 0.3 is 0 Å². The van der Waals surface area contributed by atoms with Gasteiger partial charge in [-0.1, -0.05) is 12.1 Å². The van der Waals surface area contributed by atoms with E-state index in [1.807, 2.05) is 24.3 Å². The zero-order valence-corrected chi connectivity index (χ0v) is 12.3. The molecule has 1 saturated heterocycles. The maximum Gasteiger partial charge on any atom is 0.106 e. The van der Waals surface area contributed by atoms with E-state index < -0.39 is 12.2 Å². The highest BCUT2D eigenvalue weighted by molar-refractivity contribution is 5.48. The summed E-state index contributed by atoms with van der Waals surface area (Å²) < 4.78 is 0. The van der Waals surface area contributed by atoms with Gasteiger partial charge in [-0.2, -0.15) is 0 Å². The molecule has 5 nitrogen and oxygen atoms in total. The molecule has 1 aliphatic heterocycles. The number of likely N-dealkylation sites (N-methyl/N-ethyl adjacent to an activating group) is 2. The molecule has 1 aromatic carbocycles. The Morgan fingerprint density at radius 1 is 1.10 bits per heavy atom. The van der Waals surface area contributed by atoms with Crippen LogP contribution in [0.4, 0.5) is 5.69 Å². The van der Waals surface area contributed by atoms with Gasteiger partial charge in [-0.3, -0.25) is 0 Å². The Kier molecular flexibility index (Phi) is 5.37. The van der Waals surface area contributed by atoms with Crippen LogP contribution >= 0.6 is 0 Å². The van der Waals surface area contributed by atoms with E-state index in [4.69, 9.17) is 0 Å². The van der Waals surface area contributed by atoms with Gasteiger partial charge in [0.15, 0.2) is 0 Å². The maximum absolute atomic E-state index is 10.0. The SMILES string of the molecule is CNCC(O)C(O)c1ccc(N2CCN(C)CC2)cc1. The molecule has 2 rings (SSSR count). The summed E-state index contributed by atoms with van der Waals surface area (Å²) in [7, 11) is 3.90. The molecular weight excluding hydrogens is 254 g/mol. The molecule has 1 aliphatic rings. The Morgan fingerprint density at radius 3 is 2.25 bits per heavy atom. The summed E-state index contributed by atoms with van der Waals surface area (Å²) in [6, 6.07) is 7.85. The molecule has 1 heterocycles.